The van der Waals surface area contributed by atoms with Crippen LogP contribution in [0.1, 0.15) is 39.0 Å². The molecule has 0 aromatic heterocycles. The van der Waals surface area contributed by atoms with Crippen molar-refractivity contribution < 1.29 is 9.59 Å². The van der Waals surface area contributed by atoms with Gasteiger partial charge in [0.25, 0.3) is 0 Å². The Morgan fingerprint density at radius 2 is 2.21 bits per heavy atom. The molecule has 0 aromatic carbocycles. The van der Waals surface area contributed by atoms with Gasteiger partial charge in [0.2, 0.25) is 11.8 Å². The lowest BCUT2D eigenvalue weighted by Crippen LogP contribution is -2.47. The highest BCUT2D eigenvalue weighted by Gasteiger charge is 2.33. The SMILES string of the molecule is CCN(CC(=O)N1CCCC1=O)C1CCCC1CN. The van der Waals surface area contributed by atoms with Crippen LogP contribution in [0.2, 0.25) is 0 Å². The second-order valence-corrected chi connectivity index (χ2v) is 5.60. The molecule has 2 atom stereocenters. The van der Waals surface area contributed by atoms with Crippen molar-refractivity contribution >= 4 is 11.8 Å². The first-order valence-corrected chi connectivity index (χ1v) is 7.44. The molecule has 19 heavy (non-hydrogen) atoms. The van der Waals surface area contributed by atoms with Crippen LogP contribution in [0.15, 0.2) is 0 Å². The quantitative estimate of drug-likeness (QED) is 0.791. The Labute approximate surface area is 115 Å². The van der Waals surface area contributed by atoms with Crippen LogP contribution in [0.25, 0.3) is 0 Å². The fourth-order valence-electron chi connectivity index (χ4n) is 3.41. The van der Waals surface area contributed by atoms with Gasteiger partial charge in [-0.05, 0) is 38.3 Å². The third-order valence-corrected chi connectivity index (χ3v) is 4.51. The van der Waals surface area contributed by atoms with Crippen LogP contribution in [-0.2, 0) is 9.59 Å². The van der Waals surface area contributed by atoms with Crippen LogP contribution in [0.3, 0.4) is 0 Å². The summed E-state index contributed by atoms with van der Waals surface area (Å²) in [5.74, 6) is 0.455. The van der Waals surface area contributed by atoms with Crippen LogP contribution in [0.4, 0.5) is 0 Å². The highest BCUT2D eigenvalue weighted by molar-refractivity contribution is 5.97. The normalized spacial score (nSPS) is 27.5. The van der Waals surface area contributed by atoms with Crippen molar-refractivity contribution in [2.24, 2.45) is 11.7 Å². The molecule has 1 saturated carbocycles. The van der Waals surface area contributed by atoms with Gasteiger partial charge in [-0.25, -0.2) is 0 Å². The van der Waals surface area contributed by atoms with Gasteiger partial charge in [0.15, 0.2) is 0 Å². The molecule has 0 spiro atoms. The predicted octanol–water partition coefficient (Wildman–Crippen LogP) is 0.585. The van der Waals surface area contributed by atoms with Crippen molar-refractivity contribution in [1.82, 2.24) is 9.80 Å². The van der Waals surface area contributed by atoms with Crippen molar-refractivity contribution in [3.05, 3.63) is 0 Å². The fraction of sp³-hybridized carbons (Fsp3) is 0.857. The Bertz CT molecular complexity index is 346. The van der Waals surface area contributed by atoms with E-state index >= 15 is 0 Å². The summed E-state index contributed by atoms with van der Waals surface area (Å²) in [7, 11) is 0. The minimum atomic E-state index is -0.0352. The monoisotopic (exact) mass is 267 g/mol. The summed E-state index contributed by atoms with van der Waals surface area (Å²) < 4.78 is 0. The van der Waals surface area contributed by atoms with Gasteiger partial charge in [-0.2, -0.15) is 0 Å². The van der Waals surface area contributed by atoms with Gasteiger partial charge in [-0.15, -0.1) is 0 Å². The van der Waals surface area contributed by atoms with Crippen LogP contribution in [0.5, 0.6) is 0 Å². The van der Waals surface area contributed by atoms with E-state index in [-0.39, 0.29) is 11.8 Å². The second-order valence-electron chi connectivity index (χ2n) is 5.60. The summed E-state index contributed by atoms with van der Waals surface area (Å²) in [4.78, 5) is 27.4. The van der Waals surface area contributed by atoms with Gasteiger partial charge in [0, 0.05) is 19.0 Å². The first-order valence-electron chi connectivity index (χ1n) is 7.44. The summed E-state index contributed by atoms with van der Waals surface area (Å²) >= 11 is 0. The molecule has 2 unspecified atom stereocenters. The molecule has 5 heteroatoms. The van der Waals surface area contributed by atoms with Crippen LogP contribution >= 0.6 is 0 Å². The topological polar surface area (TPSA) is 66.6 Å². The number of likely N-dealkylation sites (N-methyl/N-ethyl adjacent to an activating group) is 1. The molecular weight excluding hydrogens is 242 g/mol. The molecule has 1 aliphatic carbocycles. The van der Waals surface area contributed by atoms with Crippen LogP contribution in [0, 0.1) is 5.92 Å². The predicted molar refractivity (Wildman–Crippen MR) is 73.4 cm³/mol. The van der Waals surface area contributed by atoms with Gasteiger partial charge in [0.05, 0.1) is 6.54 Å². The number of hydrogen-bond acceptors (Lipinski definition) is 4. The number of hydrogen-bond donors (Lipinski definition) is 1. The van der Waals surface area contributed by atoms with Crippen molar-refractivity contribution in [2.75, 3.05) is 26.2 Å². The van der Waals surface area contributed by atoms with Crippen molar-refractivity contribution in [1.29, 1.82) is 0 Å². The summed E-state index contributed by atoms with van der Waals surface area (Å²) in [5.41, 5.74) is 5.82. The zero-order chi connectivity index (χ0) is 13.8. The van der Waals surface area contributed by atoms with Crippen LogP contribution < -0.4 is 5.73 Å². The van der Waals surface area contributed by atoms with Gasteiger partial charge >= 0.3 is 0 Å². The number of amides is 2. The van der Waals surface area contributed by atoms with E-state index in [1.54, 1.807) is 0 Å². The lowest BCUT2D eigenvalue weighted by molar-refractivity contribution is -0.143. The number of rotatable bonds is 5. The zero-order valence-corrected chi connectivity index (χ0v) is 11.8. The van der Waals surface area contributed by atoms with Gasteiger partial charge in [-0.3, -0.25) is 19.4 Å². The Morgan fingerprint density at radius 1 is 1.42 bits per heavy atom. The third-order valence-electron chi connectivity index (χ3n) is 4.51. The van der Waals surface area contributed by atoms with E-state index in [0.29, 0.717) is 38.0 Å². The Balaban J connectivity index is 1.95. The number of likely N-dealkylation sites (tertiary alicyclic amines) is 1. The molecule has 2 amide bonds. The van der Waals surface area contributed by atoms with Crippen molar-refractivity contribution in [3.8, 4) is 0 Å². The van der Waals surface area contributed by atoms with E-state index in [4.69, 9.17) is 5.73 Å². The number of carbonyl (C=O) groups is 2. The number of nitrogens with zero attached hydrogens (tertiary/aromatic N) is 2. The molecule has 0 radical (unpaired) electrons. The highest BCUT2D eigenvalue weighted by atomic mass is 16.2. The molecule has 1 aliphatic heterocycles. The zero-order valence-electron chi connectivity index (χ0n) is 11.8. The molecule has 2 aliphatic rings. The van der Waals surface area contributed by atoms with Gasteiger partial charge < -0.3 is 5.73 Å². The smallest absolute Gasteiger partial charge is 0.243 e. The van der Waals surface area contributed by atoms with E-state index in [2.05, 4.69) is 11.8 Å². The largest absolute Gasteiger partial charge is 0.330 e. The minimum absolute atomic E-state index is 0.0113. The van der Waals surface area contributed by atoms with E-state index in [1.165, 1.54) is 11.3 Å². The summed E-state index contributed by atoms with van der Waals surface area (Å²) in [6, 6.07) is 0.414. The maximum Gasteiger partial charge on any atom is 0.243 e. The fourth-order valence-corrected chi connectivity index (χ4v) is 3.41. The molecule has 1 saturated heterocycles. The third kappa shape index (κ3) is 3.15. The Morgan fingerprint density at radius 3 is 2.79 bits per heavy atom. The molecule has 0 aromatic rings. The average Bonchev–Trinajstić information content (AvgIpc) is 3.03. The van der Waals surface area contributed by atoms with Crippen LogP contribution in [-0.4, -0.2) is 53.8 Å². The maximum atomic E-state index is 12.2. The number of carbonyl (C=O) groups excluding carboxylic acids is 2. The lowest BCUT2D eigenvalue weighted by atomic mass is 10.0. The standard InChI is InChI=1S/C14H25N3O2/c1-2-16(12-6-3-5-11(12)9-15)10-14(19)17-8-4-7-13(17)18/h11-12H,2-10,15H2,1H3. The van der Waals surface area contributed by atoms with Crippen molar-refractivity contribution in [2.45, 2.75) is 45.1 Å². The number of nitrogens with two attached hydrogens (primary N) is 1. The molecule has 2 rings (SSSR count). The van der Waals surface area contributed by atoms with E-state index < -0.39 is 0 Å². The first-order chi connectivity index (χ1) is 9.17. The Kier molecular flexibility index (Phi) is 4.93. The lowest BCUT2D eigenvalue weighted by Gasteiger charge is -2.32. The molecule has 108 valence electrons. The summed E-state index contributed by atoms with van der Waals surface area (Å²) in [5, 5.41) is 0. The molecule has 0 bridgehead atoms. The van der Waals surface area contributed by atoms with Gasteiger partial charge in [-0.1, -0.05) is 13.3 Å². The van der Waals surface area contributed by atoms with Crippen molar-refractivity contribution in [3.63, 3.8) is 0 Å². The molecule has 1 heterocycles. The maximum absolute atomic E-state index is 12.2. The summed E-state index contributed by atoms with van der Waals surface area (Å²) in [6.07, 6.45) is 4.81. The summed E-state index contributed by atoms with van der Waals surface area (Å²) in [6.45, 7) is 4.57. The Hall–Kier alpha value is -0.940. The van der Waals surface area contributed by atoms with E-state index in [0.717, 1.165) is 25.8 Å². The van der Waals surface area contributed by atoms with Gasteiger partial charge in [0.1, 0.15) is 0 Å². The van der Waals surface area contributed by atoms with E-state index in [1.807, 2.05) is 0 Å². The average molecular weight is 267 g/mol. The minimum Gasteiger partial charge on any atom is -0.330 e. The number of imide groups is 1. The molecule has 5 nitrogen and oxygen atoms in total. The highest BCUT2D eigenvalue weighted by Crippen LogP contribution is 2.29. The molecular formula is C14H25N3O2. The molecule has 2 fully saturated rings. The second kappa shape index (κ2) is 6.48. The molecule has 2 N–H and O–H groups in total. The van der Waals surface area contributed by atoms with E-state index in [9.17, 15) is 9.59 Å². The first kappa shape index (κ1) is 14.5.